The molecule has 0 spiro atoms. The van der Waals surface area contributed by atoms with E-state index in [0.717, 1.165) is 39.7 Å². The van der Waals surface area contributed by atoms with Gasteiger partial charge in [-0.05, 0) is 48.4 Å². The van der Waals surface area contributed by atoms with Crippen LogP contribution in [-0.2, 0) is 18.6 Å². The van der Waals surface area contributed by atoms with Crippen LogP contribution in [0.4, 0.5) is 0 Å². The lowest BCUT2D eigenvalue weighted by atomic mass is 9.89. The summed E-state index contributed by atoms with van der Waals surface area (Å²) in [5, 5.41) is 1.54. The van der Waals surface area contributed by atoms with Gasteiger partial charge in [0.1, 0.15) is 4.83 Å². The Morgan fingerprint density at radius 3 is 3.17 bits per heavy atom. The maximum absolute atomic E-state index is 12.6. The van der Waals surface area contributed by atoms with Gasteiger partial charge in [0.05, 0.1) is 5.39 Å². The first-order chi connectivity index (χ1) is 11.6. The molecular weight excluding hydrogens is 404 g/mol. The molecular formula is C18H17BrN2OS2. The Bertz CT molecular complexity index is 963. The fourth-order valence-corrected chi connectivity index (χ4v) is 5.87. The molecule has 0 bridgehead atoms. The molecule has 1 N–H and O–H groups in total. The van der Waals surface area contributed by atoms with Gasteiger partial charge in [-0.25, -0.2) is 4.98 Å². The zero-order valence-corrected chi connectivity index (χ0v) is 16.5. The fraction of sp³-hybridized carbons (Fsp3) is 0.333. The van der Waals surface area contributed by atoms with E-state index in [4.69, 9.17) is 4.98 Å². The van der Waals surface area contributed by atoms with Crippen molar-refractivity contribution in [1.29, 1.82) is 0 Å². The number of aromatic amines is 1. The largest absolute Gasteiger partial charge is 0.301 e. The Morgan fingerprint density at radius 1 is 1.46 bits per heavy atom. The van der Waals surface area contributed by atoms with Gasteiger partial charge < -0.3 is 4.98 Å². The standard InChI is InChI=1S/C18H17BrN2OS2/c1-10-5-6-13-14(7-10)24-17-15(13)16(22)20-18(21-17)23-9-11-3-2-4-12(19)8-11/h2-4,8,10H,5-7,9H2,1H3,(H,20,21,22). The smallest absolute Gasteiger partial charge is 0.260 e. The van der Waals surface area contributed by atoms with E-state index in [1.807, 2.05) is 12.1 Å². The minimum Gasteiger partial charge on any atom is -0.301 e. The van der Waals surface area contributed by atoms with Gasteiger partial charge in [0.2, 0.25) is 0 Å². The highest BCUT2D eigenvalue weighted by Crippen LogP contribution is 2.36. The number of H-pyrrole nitrogens is 1. The van der Waals surface area contributed by atoms with Gasteiger partial charge in [-0.15, -0.1) is 11.3 Å². The van der Waals surface area contributed by atoms with E-state index in [0.29, 0.717) is 11.1 Å². The molecule has 0 saturated heterocycles. The highest BCUT2D eigenvalue weighted by atomic mass is 79.9. The number of aryl methyl sites for hydroxylation is 1. The van der Waals surface area contributed by atoms with E-state index < -0.39 is 0 Å². The maximum atomic E-state index is 12.6. The Hall–Kier alpha value is -1.11. The van der Waals surface area contributed by atoms with E-state index in [9.17, 15) is 4.79 Å². The van der Waals surface area contributed by atoms with Crippen molar-refractivity contribution in [3.8, 4) is 0 Å². The average molecular weight is 421 g/mol. The molecule has 2 heterocycles. The lowest BCUT2D eigenvalue weighted by molar-refractivity contribution is 0.509. The van der Waals surface area contributed by atoms with Gasteiger partial charge in [0.25, 0.3) is 5.56 Å². The van der Waals surface area contributed by atoms with Gasteiger partial charge in [-0.2, -0.15) is 0 Å². The lowest BCUT2D eigenvalue weighted by Crippen LogP contribution is -2.13. The van der Waals surface area contributed by atoms with E-state index >= 15 is 0 Å². The third-order valence-corrected chi connectivity index (χ3v) is 6.99. The van der Waals surface area contributed by atoms with Crippen LogP contribution < -0.4 is 5.56 Å². The zero-order valence-electron chi connectivity index (χ0n) is 13.3. The highest BCUT2D eigenvalue weighted by Gasteiger charge is 2.23. The van der Waals surface area contributed by atoms with E-state index in [1.165, 1.54) is 16.0 Å². The van der Waals surface area contributed by atoms with Gasteiger partial charge in [-0.3, -0.25) is 4.79 Å². The van der Waals surface area contributed by atoms with Gasteiger partial charge >= 0.3 is 0 Å². The normalized spacial score (nSPS) is 17.2. The molecule has 0 radical (unpaired) electrons. The van der Waals surface area contributed by atoms with Crippen LogP contribution in [0.2, 0.25) is 0 Å². The third kappa shape index (κ3) is 3.19. The van der Waals surface area contributed by atoms with Gasteiger partial charge in [0, 0.05) is 15.1 Å². The topological polar surface area (TPSA) is 45.8 Å². The number of hydrogen-bond donors (Lipinski definition) is 1. The van der Waals surface area contributed by atoms with Crippen LogP contribution in [0.25, 0.3) is 10.2 Å². The molecule has 0 amide bonds. The van der Waals surface area contributed by atoms with Crippen molar-refractivity contribution in [2.75, 3.05) is 0 Å². The molecule has 1 aliphatic rings. The van der Waals surface area contributed by atoms with E-state index in [1.54, 1.807) is 23.1 Å². The van der Waals surface area contributed by atoms with E-state index in [2.05, 4.69) is 40.0 Å². The summed E-state index contributed by atoms with van der Waals surface area (Å²) in [5.74, 6) is 1.49. The van der Waals surface area contributed by atoms with Crippen molar-refractivity contribution in [3.05, 3.63) is 55.1 Å². The van der Waals surface area contributed by atoms with Crippen LogP contribution in [0, 0.1) is 5.92 Å². The minimum absolute atomic E-state index is 0.0174. The van der Waals surface area contributed by atoms with Crippen LogP contribution in [0.15, 0.2) is 38.7 Å². The van der Waals surface area contributed by atoms with Gasteiger partial charge in [0.15, 0.2) is 5.16 Å². The molecule has 3 nitrogen and oxygen atoms in total. The summed E-state index contributed by atoms with van der Waals surface area (Å²) in [6, 6.07) is 8.21. The molecule has 1 aromatic carbocycles. The molecule has 1 unspecified atom stereocenters. The van der Waals surface area contributed by atoms with Crippen molar-refractivity contribution < 1.29 is 0 Å². The predicted octanol–water partition coefficient (Wildman–Crippen LogP) is 5.16. The number of aromatic nitrogens is 2. The Morgan fingerprint density at radius 2 is 2.33 bits per heavy atom. The van der Waals surface area contributed by atoms with Crippen LogP contribution in [0.5, 0.6) is 0 Å². The Kier molecular flexibility index (Phi) is 4.54. The zero-order chi connectivity index (χ0) is 16.7. The summed E-state index contributed by atoms with van der Waals surface area (Å²) in [6.07, 6.45) is 3.25. The minimum atomic E-state index is 0.0174. The first kappa shape index (κ1) is 16.4. The van der Waals surface area contributed by atoms with Crippen molar-refractivity contribution in [1.82, 2.24) is 9.97 Å². The average Bonchev–Trinajstić information content (AvgIpc) is 2.90. The third-order valence-electron chi connectivity index (χ3n) is 4.41. The number of thioether (sulfide) groups is 1. The molecule has 0 saturated carbocycles. The Labute approximate surface area is 157 Å². The first-order valence-electron chi connectivity index (χ1n) is 8.02. The number of nitrogens with zero attached hydrogens (tertiary/aromatic N) is 1. The summed E-state index contributed by atoms with van der Waals surface area (Å²) >= 11 is 6.77. The molecule has 0 fully saturated rings. The molecule has 124 valence electrons. The number of fused-ring (bicyclic) bond motifs is 3. The second kappa shape index (κ2) is 6.65. The molecule has 2 aromatic heterocycles. The number of thiophene rings is 1. The summed E-state index contributed by atoms with van der Waals surface area (Å²) < 4.78 is 1.07. The number of hydrogen-bond acceptors (Lipinski definition) is 4. The lowest BCUT2D eigenvalue weighted by Gasteiger charge is -2.17. The first-order valence-corrected chi connectivity index (χ1v) is 10.6. The van der Waals surface area contributed by atoms with Crippen LogP contribution >= 0.6 is 39.0 Å². The van der Waals surface area contributed by atoms with Crippen molar-refractivity contribution in [2.24, 2.45) is 5.92 Å². The second-order valence-corrected chi connectivity index (χ2v) is 9.28. The molecule has 3 aromatic rings. The monoisotopic (exact) mass is 420 g/mol. The molecule has 1 atom stereocenters. The number of benzene rings is 1. The maximum Gasteiger partial charge on any atom is 0.260 e. The Balaban J connectivity index is 1.64. The summed E-state index contributed by atoms with van der Waals surface area (Å²) in [6.45, 7) is 2.28. The van der Waals surface area contributed by atoms with E-state index in [-0.39, 0.29) is 5.56 Å². The van der Waals surface area contributed by atoms with Crippen LogP contribution in [0.3, 0.4) is 0 Å². The molecule has 6 heteroatoms. The fourth-order valence-electron chi connectivity index (χ4n) is 3.18. The predicted molar refractivity (Wildman–Crippen MR) is 105 cm³/mol. The molecule has 4 rings (SSSR count). The molecule has 24 heavy (non-hydrogen) atoms. The quantitative estimate of drug-likeness (QED) is 0.469. The summed E-state index contributed by atoms with van der Waals surface area (Å²) in [7, 11) is 0. The van der Waals surface area contributed by atoms with Crippen LogP contribution in [-0.4, -0.2) is 9.97 Å². The van der Waals surface area contributed by atoms with Gasteiger partial charge in [-0.1, -0.05) is 46.7 Å². The van der Waals surface area contributed by atoms with Crippen molar-refractivity contribution in [2.45, 2.75) is 37.1 Å². The summed E-state index contributed by atoms with van der Waals surface area (Å²) in [4.78, 5) is 22.5. The number of halogens is 1. The SMILES string of the molecule is CC1CCc2c(sc3nc(SCc4cccc(Br)c4)[nH]c(=O)c23)C1. The highest BCUT2D eigenvalue weighted by molar-refractivity contribution is 9.10. The summed E-state index contributed by atoms with van der Waals surface area (Å²) in [5.41, 5.74) is 2.46. The van der Waals surface area contributed by atoms with Crippen molar-refractivity contribution in [3.63, 3.8) is 0 Å². The molecule has 0 aliphatic heterocycles. The number of rotatable bonds is 3. The van der Waals surface area contributed by atoms with Crippen molar-refractivity contribution >= 4 is 49.2 Å². The molecule has 1 aliphatic carbocycles. The second-order valence-electron chi connectivity index (χ2n) is 6.32. The number of nitrogens with one attached hydrogen (secondary N) is 1. The van der Waals surface area contributed by atoms with Crippen LogP contribution in [0.1, 0.15) is 29.3 Å².